The second-order valence-electron chi connectivity index (χ2n) is 5.02. The first-order chi connectivity index (χ1) is 6.92. The van der Waals surface area contributed by atoms with Gasteiger partial charge in [-0.15, -0.1) is 23.2 Å². The molecule has 0 saturated heterocycles. The normalized spacial score (nSPS) is 25.6. The Bertz CT molecular complexity index is 195. The van der Waals surface area contributed by atoms with Gasteiger partial charge in [0, 0.05) is 25.0 Å². The molecule has 0 bridgehead atoms. The summed E-state index contributed by atoms with van der Waals surface area (Å²) in [4.78, 5) is 0. The Morgan fingerprint density at radius 2 is 1.87 bits per heavy atom. The minimum Gasteiger partial charge on any atom is -0.315 e. The van der Waals surface area contributed by atoms with Crippen LogP contribution >= 0.6 is 23.2 Å². The van der Waals surface area contributed by atoms with Crippen LogP contribution < -0.4 is 10.6 Å². The summed E-state index contributed by atoms with van der Waals surface area (Å²) in [7, 11) is 0. The molecule has 2 nitrogen and oxygen atoms in total. The third-order valence-corrected chi connectivity index (χ3v) is 3.60. The van der Waals surface area contributed by atoms with Crippen LogP contribution in [0.2, 0.25) is 0 Å². The molecule has 0 heterocycles. The van der Waals surface area contributed by atoms with Crippen molar-refractivity contribution in [2.75, 3.05) is 19.6 Å². The maximum Gasteiger partial charge on any atom is 0.122 e. The van der Waals surface area contributed by atoms with Gasteiger partial charge in [-0.2, -0.15) is 0 Å². The summed E-state index contributed by atoms with van der Waals surface area (Å²) < 4.78 is -0.446. The lowest BCUT2D eigenvalue weighted by Gasteiger charge is -2.15. The smallest absolute Gasteiger partial charge is 0.122 e. The van der Waals surface area contributed by atoms with Gasteiger partial charge in [-0.1, -0.05) is 13.8 Å². The van der Waals surface area contributed by atoms with Crippen LogP contribution in [0, 0.1) is 11.8 Å². The summed E-state index contributed by atoms with van der Waals surface area (Å²) in [6, 6.07) is 0.480. The van der Waals surface area contributed by atoms with E-state index in [9.17, 15) is 0 Å². The lowest BCUT2D eigenvalue weighted by atomic mass is 10.2. The van der Waals surface area contributed by atoms with Gasteiger partial charge in [0.25, 0.3) is 0 Å². The summed E-state index contributed by atoms with van der Waals surface area (Å²) in [5.74, 6) is 1.15. The Balaban J connectivity index is 1.97. The van der Waals surface area contributed by atoms with Crippen molar-refractivity contribution in [3.05, 3.63) is 0 Å². The van der Waals surface area contributed by atoms with Crippen LogP contribution in [0.15, 0.2) is 0 Å². The molecule has 0 aromatic rings. The molecule has 0 aromatic carbocycles. The SMILES string of the molecule is CC(C)CNCC(C)NCC1CC1(Cl)Cl. The first-order valence-electron chi connectivity index (χ1n) is 5.73. The zero-order valence-corrected chi connectivity index (χ0v) is 11.3. The van der Waals surface area contributed by atoms with E-state index in [0.29, 0.717) is 17.9 Å². The Labute approximate surface area is 103 Å². The van der Waals surface area contributed by atoms with Gasteiger partial charge in [-0.3, -0.25) is 0 Å². The predicted octanol–water partition coefficient (Wildman–Crippen LogP) is 2.40. The standard InChI is InChI=1S/C11H22Cl2N2/c1-8(2)5-14-6-9(3)15-7-10-4-11(10,12)13/h8-10,14-15H,4-7H2,1-3H3. The van der Waals surface area contributed by atoms with E-state index in [4.69, 9.17) is 23.2 Å². The molecule has 2 unspecified atom stereocenters. The van der Waals surface area contributed by atoms with E-state index >= 15 is 0 Å². The molecule has 4 heteroatoms. The Morgan fingerprint density at radius 3 is 2.33 bits per heavy atom. The molecular formula is C11H22Cl2N2. The van der Waals surface area contributed by atoms with Crippen LogP contribution in [-0.2, 0) is 0 Å². The van der Waals surface area contributed by atoms with Crippen molar-refractivity contribution < 1.29 is 0 Å². The minimum atomic E-state index is -0.446. The number of alkyl halides is 2. The number of halogens is 2. The molecule has 1 aliphatic rings. The Morgan fingerprint density at radius 1 is 1.27 bits per heavy atom. The molecule has 1 aliphatic carbocycles. The highest BCUT2D eigenvalue weighted by atomic mass is 35.5. The van der Waals surface area contributed by atoms with E-state index in [1.165, 1.54) is 0 Å². The summed E-state index contributed by atoms with van der Waals surface area (Å²) in [5.41, 5.74) is 0. The molecule has 2 atom stereocenters. The largest absolute Gasteiger partial charge is 0.315 e. The molecule has 1 rings (SSSR count). The zero-order valence-electron chi connectivity index (χ0n) is 9.82. The molecule has 15 heavy (non-hydrogen) atoms. The van der Waals surface area contributed by atoms with Crippen molar-refractivity contribution in [3.8, 4) is 0 Å². The van der Waals surface area contributed by atoms with E-state index in [2.05, 4.69) is 31.4 Å². The van der Waals surface area contributed by atoms with Crippen molar-refractivity contribution >= 4 is 23.2 Å². The highest BCUT2D eigenvalue weighted by molar-refractivity contribution is 6.50. The van der Waals surface area contributed by atoms with Crippen molar-refractivity contribution in [3.63, 3.8) is 0 Å². The third kappa shape index (κ3) is 5.39. The van der Waals surface area contributed by atoms with Gasteiger partial charge in [0.1, 0.15) is 4.33 Å². The second kappa shape index (κ2) is 5.72. The van der Waals surface area contributed by atoms with E-state index in [-0.39, 0.29) is 0 Å². The highest BCUT2D eigenvalue weighted by Crippen LogP contribution is 2.52. The molecule has 0 radical (unpaired) electrons. The van der Waals surface area contributed by atoms with Crippen LogP contribution in [0.25, 0.3) is 0 Å². The highest BCUT2D eigenvalue weighted by Gasteiger charge is 2.51. The van der Waals surface area contributed by atoms with E-state index < -0.39 is 4.33 Å². The van der Waals surface area contributed by atoms with Crippen molar-refractivity contribution in [1.82, 2.24) is 10.6 Å². The van der Waals surface area contributed by atoms with Crippen LogP contribution in [0.1, 0.15) is 27.2 Å². The summed E-state index contributed by atoms with van der Waals surface area (Å²) in [5, 5.41) is 6.86. The molecule has 0 aromatic heterocycles. The summed E-state index contributed by atoms with van der Waals surface area (Å²) >= 11 is 11.9. The van der Waals surface area contributed by atoms with Crippen LogP contribution in [-0.4, -0.2) is 30.0 Å². The maximum absolute atomic E-state index is 5.95. The Kier molecular flexibility index (Phi) is 5.17. The monoisotopic (exact) mass is 252 g/mol. The van der Waals surface area contributed by atoms with Gasteiger partial charge in [0.2, 0.25) is 0 Å². The average Bonchev–Trinajstić information content (AvgIpc) is 2.70. The molecule has 0 spiro atoms. The summed E-state index contributed by atoms with van der Waals surface area (Å²) in [6.07, 6.45) is 0.926. The van der Waals surface area contributed by atoms with Crippen molar-refractivity contribution in [2.45, 2.75) is 37.6 Å². The van der Waals surface area contributed by atoms with Gasteiger partial charge in [-0.05, 0) is 25.8 Å². The molecule has 0 aliphatic heterocycles. The van der Waals surface area contributed by atoms with Crippen LogP contribution in [0.3, 0.4) is 0 Å². The molecule has 0 amide bonds. The maximum atomic E-state index is 5.95. The van der Waals surface area contributed by atoms with Crippen molar-refractivity contribution in [1.29, 1.82) is 0 Å². The predicted molar refractivity (Wildman–Crippen MR) is 67.7 cm³/mol. The van der Waals surface area contributed by atoms with Gasteiger partial charge < -0.3 is 10.6 Å². The first kappa shape index (κ1) is 13.6. The third-order valence-electron chi connectivity index (χ3n) is 2.67. The minimum absolute atomic E-state index is 0.438. The first-order valence-corrected chi connectivity index (χ1v) is 6.49. The topological polar surface area (TPSA) is 24.1 Å². The number of hydrogen-bond acceptors (Lipinski definition) is 2. The molecule has 2 N–H and O–H groups in total. The second-order valence-corrected chi connectivity index (χ2v) is 6.57. The van der Waals surface area contributed by atoms with Gasteiger partial charge in [0.05, 0.1) is 0 Å². The lowest BCUT2D eigenvalue weighted by molar-refractivity contribution is 0.464. The van der Waals surface area contributed by atoms with Gasteiger partial charge >= 0.3 is 0 Å². The van der Waals surface area contributed by atoms with E-state index in [0.717, 1.165) is 26.1 Å². The number of nitrogens with one attached hydrogen (secondary N) is 2. The lowest BCUT2D eigenvalue weighted by Crippen LogP contribution is -2.38. The molecular weight excluding hydrogens is 231 g/mol. The van der Waals surface area contributed by atoms with E-state index in [1.54, 1.807) is 0 Å². The summed E-state index contributed by atoms with van der Waals surface area (Å²) in [6.45, 7) is 9.61. The van der Waals surface area contributed by atoms with Crippen LogP contribution in [0.4, 0.5) is 0 Å². The molecule has 90 valence electrons. The van der Waals surface area contributed by atoms with E-state index in [1.807, 2.05) is 0 Å². The van der Waals surface area contributed by atoms with Gasteiger partial charge in [-0.25, -0.2) is 0 Å². The van der Waals surface area contributed by atoms with Gasteiger partial charge in [0.15, 0.2) is 0 Å². The number of rotatable bonds is 7. The van der Waals surface area contributed by atoms with Crippen molar-refractivity contribution in [2.24, 2.45) is 11.8 Å². The molecule has 1 fully saturated rings. The molecule has 1 saturated carbocycles. The number of hydrogen-bond donors (Lipinski definition) is 2. The van der Waals surface area contributed by atoms with Crippen LogP contribution in [0.5, 0.6) is 0 Å². The quantitative estimate of drug-likeness (QED) is 0.681. The average molecular weight is 253 g/mol. The fourth-order valence-electron chi connectivity index (χ4n) is 1.50. The fraction of sp³-hybridized carbons (Fsp3) is 1.00. The Hall–Kier alpha value is 0.500. The fourth-order valence-corrected chi connectivity index (χ4v) is 2.02. The zero-order chi connectivity index (χ0) is 11.5.